The maximum atomic E-state index is 3.59. The van der Waals surface area contributed by atoms with Gasteiger partial charge in [-0.2, -0.15) is 0 Å². The molecule has 2 nitrogen and oxygen atoms in total. The van der Waals surface area contributed by atoms with E-state index >= 15 is 0 Å². The Labute approximate surface area is 110 Å². The van der Waals surface area contributed by atoms with Crippen molar-refractivity contribution in [1.82, 2.24) is 4.90 Å². The summed E-state index contributed by atoms with van der Waals surface area (Å²) in [5.74, 6) is 1.52. The number of nitrogens with zero attached hydrogens (tertiary/aromatic N) is 1. The minimum atomic E-state index is 0.411. The molecule has 0 amide bonds. The summed E-state index contributed by atoms with van der Waals surface area (Å²) in [6.45, 7) is 9.25. The molecule has 2 aliphatic rings. The number of rotatable bonds is 2. The molecule has 3 rings (SSSR count). The van der Waals surface area contributed by atoms with E-state index in [4.69, 9.17) is 0 Å². The Hall–Kier alpha value is -1.02. The summed E-state index contributed by atoms with van der Waals surface area (Å²) in [6, 6.07) is 8.86. The lowest BCUT2D eigenvalue weighted by atomic mass is 9.74. The van der Waals surface area contributed by atoms with E-state index in [0.29, 0.717) is 5.41 Å². The molecule has 0 unspecified atom stereocenters. The molecule has 0 saturated carbocycles. The number of anilines is 1. The van der Waals surface area contributed by atoms with Crippen LogP contribution in [0, 0.1) is 5.92 Å². The highest BCUT2D eigenvalue weighted by atomic mass is 15.1. The van der Waals surface area contributed by atoms with Crippen molar-refractivity contribution in [2.75, 3.05) is 31.5 Å². The Balaban J connectivity index is 1.73. The van der Waals surface area contributed by atoms with E-state index in [1.54, 1.807) is 5.56 Å². The van der Waals surface area contributed by atoms with Crippen LogP contribution in [0.3, 0.4) is 0 Å². The molecule has 0 bridgehead atoms. The third kappa shape index (κ3) is 2.03. The first-order valence-corrected chi connectivity index (χ1v) is 7.04. The van der Waals surface area contributed by atoms with Crippen LogP contribution < -0.4 is 5.32 Å². The summed E-state index contributed by atoms with van der Waals surface area (Å²) in [7, 11) is 0. The van der Waals surface area contributed by atoms with E-state index < -0.39 is 0 Å². The highest BCUT2D eigenvalue weighted by Gasteiger charge is 2.40. The normalized spacial score (nSPS) is 22.2. The van der Waals surface area contributed by atoms with Crippen LogP contribution in [0.15, 0.2) is 24.3 Å². The Kier molecular flexibility index (Phi) is 3.06. The zero-order valence-corrected chi connectivity index (χ0v) is 11.5. The molecule has 1 spiro atoms. The van der Waals surface area contributed by atoms with Gasteiger partial charge in [-0.15, -0.1) is 0 Å². The Morgan fingerprint density at radius 2 is 1.94 bits per heavy atom. The van der Waals surface area contributed by atoms with Gasteiger partial charge in [-0.05, 0) is 43.5 Å². The first kappa shape index (κ1) is 12.0. The van der Waals surface area contributed by atoms with Crippen LogP contribution >= 0.6 is 0 Å². The van der Waals surface area contributed by atoms with Crippen LogP contribution in [0.2, 0.25) is 0 Å². The fourth-order valence-electron chi connectivity index (χ4n) is 3.49. The molecule has 0 atom stereocenters. The van der Waals surface area contributed by atoms with Gasteiger partial charge in [0.25, 0.3) is 0 Å². The number of piperidine rings is 1. The number of fused-ring (bicyclic) bond motifs is 2. The minimum Gasteiger partial charge on any atom is -0.384 e. The molecule has 2 heteroatoms. The molecule has 18 heavy (non-hydrogen) atoms. The predicted molar refractivity (Wildman–Crippen MR) is 76.9 cm³/mol. The summed E-state index contributed by atoms with van der Waals surface area (Å²) in [4.78, 5) is 2.60. The lowest BCUT2D eigenvalue weighted by Crippen LogP contribution is -2.44. The van der Waals surface area contributed by atoms with Crippen molar-refractivity contribution in [2.24, 2.45) is 0 Å². The van der Waals surface area contributed by atoms with Crippen molar-refractivity contribution in [1.29, 1.82) is 0 Å². The van der Waals surface area contributed by atoms with E-state index in [1.165, 1.54) is 44.1 Å². The average Bonchev–Trinajstić information content (AvgIpc) is 2.72. The van der Waals surface area contributed by atoms with Crippen LogP contribution in [-0.4, -0.2) is 31.1 Å². The van der Waals surface area contributed by atoms with Gasteiger partial charge in [0.15, 0.2) is 0 Å². The second kappa shape index (κ2) is 4.58. The molecule has 1 saturated heterocycles. The summed E-state index contributed by atoms with van der Waals surface area (Å²) in [5.41, 5.74) is 3.33. The van der Waals surface area contributed by atoms with Gasteiger partial charge in [-0.1, -0.05) is 32.0 Å². The number of benzene rings is 1. The smallest absolute Gasteiger partial charge is 0.0379 e. The van der Waals surface area contributed by atoms with Crippen molar-refractivity contribution < 1.29 is 0 Å². The summed E-state index contributed by atoms with van der Waals surface area (Å²) >= 11 is 0. The van der Waals surface area contributed by atoms with Gasteiger partial charge >= 0.3 is 0 Å². The van der Waals surface area contributed by atoms with E-state index in [9.17, 15) is 0 Å². The number of hydrogen-bond donors (Lipinski definition) is 1. The van der Waals surface area contributed by atoms with Gasteiger partial charge < -0.3 is 10.2 Å². The van der Waals surface area contributed by atoms with Crippen molar-refractivity contribution in [3.8, 4) is 0 Å². The molecule has 1 fully saturated rings. The van der Waals surface area contributed by atoms with E-state index in [1.807, 2.05) is 0 Å². The summed E-state index contributed by atoms with van der Waals surface area (Å²) in [6.07, 6.45) is 2.59. The largest absolute Gasteiger partial charge is 0.384 e. The van der Waals surface area contributed by atoms with Crippen LogP contribution in [0.25, 0.3) is 0 Å². The van der Waals surface area contributed by atoms with Gasteiger partial charge in [-0.3, -0.25) is 0 Å². The standard InChI is InChI=1S/C16H23N2/c1-13(2)11-18-9-7-16(8-10-18)12-17-15-6-4-3-5-14(15)16/h3-6,17H,7-12H2,1-2H3. The first-order valence-electron chi connectivity index (χ1n) is 7.04. The maximum Gasteiger partial charge on any atom is 0.0379 e. The molecule has 1 radical (unpaired) electrons. The van der Waals surface area contributed by atoms with Crippen molar-refractivity contribution in [3.05, 3.63) is 35.7 Å². The third-order valence-electron chi connectivity index (χ3n) is 4.47. The molecule has 0 aromatic heterocycles. The number of hydrogen-bond acceptors (Lipinski definition) is 2. The third-order valence-corrected chi connectivity index (χ3v) is 4.47. The van der Waals surface area contributed by atoms with Crippen molar-refractivity contribution in [3.63, 3.8) is 0 Å². The number of para-hydroxylation sites is 1. The van der Waals surface area contributed by atoms with Crippen molar-refractivity contribution in [2.45, 2.75) is 32.1 Å². The monoisotopic (exact) mass is 243 g/mol. The SMILES string of the molecule is C[C](C)CN1CCC2(CC1)CNc1ccccc12. The van der Waals surface area contributed by atoms with Crippen molar-refractivity contribution >= 4 is 5.69 Å². The van der Waals surface area contributed by atoms with E-state index in [0.717, 1.165) is 6.54 Å². The lowest BCUT2D eigenvalue weighted by Gasteiger charge is -2.40. The van der Waals surface area contributed by atoms with Crippen LogP contribution in [-0.2, 0) is 5.41 Å². The fraction of sp³-hybridized carbons (Fsp3) is 0.562. The zero-order chi connectivity index (χ0) is 12.6. The lowest BCUT2D eigenvalue weighted by molar-refractivity contribution is 0.174. The highest BCUT2D eigenvalue weighted by Crippen LogP contribution is 2.43. The second-order valence-electron chi connectivity index (χ2n) is 6.16. The molecule has 2 heterocycles. The molecule has 1 N–H and O–H groups in total. The van der Waals surface area contributed by atoms with Crippen LogP contribution in [0.4, 0.5) is 5.69 Å². The van der Waals surface area contributed by atoms with Gasteiger partial charge in [-0.25, -0.2) is 0 Å². The predicted octanol–water partition coefficient (Wildman–Crippen LogP) is 3.06. The van der Waals surface area contributed by atoms with Gasteiger partial charge in [0.05, 0.1) is 0 Å². The second-order valence-corrected chi connectivity index (χ2v) is 6.16. The van der Waals surface area contributed by atoms with E-state index in [2.05, 4.69) is 48.3 Å². The van der Waals surface area contributed by atoms with Gasteiger partial charge in [0, 0.05) is 24.2 Å². The molecule has 1 aromatic rings. The van der Waals surface area contributed by atoms with Gasteiger partial charge in [0.2, 0.25) is 0 Å². The Morgan fingerprint density at radius 1 is 1.22 bits per heavy atom. The highest BCUT2D eigenvalue weighted by molar-refractivity contribution is 5.60. The van der Waals surface area contributed by atoms with E-state index in [-0.39, 0.29) is 0 Å². The zero-order valence-electron chi connectivity index (χ0n) is 11.5. The quantitative estimate of drug-likeness (QED) is 0.859. The van der Waals surface area contributed by atoms with Crippen LogP contribution in [0.1, 0.15) is 32.3 Å². The Morgan fingerprint density at radius 3 is 2.67 bits per heavy atom. The molecule has 1 aromatic carbocycles. The molecule has 97 valence electrons. The Bertz CT molecular complexity index is 417. The molecule has 0 aliphatic carbocycles. The number of nitrogens with one attached hydrogen (secondary N) is 1. The minimum absolute atomic E-state index is 0.411. The maximum absolute atomic E-state index is 3.59. The topological polar surface area (TPSA) is 15.3 Å². The van der Waals surface area contributed by atoms with Gasteiger partial charge in [0.1, 0.15) is 0 Å². The fourth-order valence-corrected chi connectivity index (χ4v) is 3.49. The summed E-state index contributed by atoms with van der Waals surface area (Å²) in [5, 5.41) is 3.59. The first-order chi connectivity index (χ1) is 8.70. The molecular formula is C16H23N2. The van der Waals surface area contributed by atoms with Crippen LogP contribution in [0.5, 0.6) is 0 Å². The number of likely N-dealkylation sites (tertiary alicyclic amines) is 1. The molecule has 2 aliphatic heterocycles. The summed E-state index contributed by atoms with van der Waals surface area (Å²) < 4.78 is 0. The molecular weight excluding hydrogens is 220 g/mol. The average molecular weight is 243 g/mol.